The Labute approximate surface area is 165 Å². The molecule has 1 fully saturated rings. The molecule has 2 heterocycles. The molecule has 1 aliphatic rings. The quantitative estimate of drug-likeness (QED) is 0.415. The van der Waals surface area contributed by atoms with E-state index in [0.29, 0.717) is 0 Å². The number of pyridine rings is 1. The Morgan fingerprint density at radius 3 is 2.44 bits per heavy atom. The van der Waals surface area contributed by atoms with E-state index in [1.165, 1.54) is 63.7 Å². The number of hydrogen-bond acceptors (Lipinski definition) is 0. The van der Waals surface area contributed by atoms with Crippen LogP contribution in [0, 0.1) is 13.8 Å². The third kappa shape index (κ3) is 3.14. The second kappa shape index (κ2) is 6.90. The van der Waals surface area contributed by atoms with E-state index >= 15 is 0 Å². The summed E-state index contributed by atoms with van der Waals surface area (Å²) in [4.78, 5) is 0. The molecule has 0 spiro atoms. The van der Waals surface area contributed by atoms with Gasteiger partial charge in [-0.2, -0.15) is 0 Å². The zero-order valence-electron chi connectivity index (χ0n) is 17.5. The Morgan fingerprint density at radius 1 is 1.00 bits per heavy atom. The molecule has 140 valence electrons. The van der Waals surface area contributed by atoms with Crippen molar-refractivity contribution in [1.82, 2.24) is 0 Å². The second-order valence-electron chi connectivity index (χ2n) is 8.78. The lowest BCUT2D eigenvalue weighted by Gasteiger charge is -2.22. The van der Waals surface area contributed by atoms with Gasteiger partial charge in [-0.25, -0.2) is 4.57 Å². The fraction of sp³-hybridized carbons (Fsp3) is 0.400. The van der Waals surface area contributed by atoms with E-state index in [1.807, 2.05) is 0 Å². The SMILES string of the molecule is CCc1cc(C)c(C)c(-c2c3ccc([Si]4(C)CCCC4)cc3cc[n+]2C)c1. The van der Waals surface area contributed by atoms with Gasteiger partial charge >= 0.3 is 0 Å². The van der Waals surface area contributed by atoms with Crippen molar-refractivity contribution in [2.45, 2.75) is 58.7 Å². The summed E-state index contributed by atoms with van der Waals surface area (Å²) in [6, 6.07) is 17.3. The number of rotatable bonds is 3. The van der Waals surface area contributed by atoms with E-state index in [1.54, 1.807) is 5.19 Å². The summed E-state index contributed by atoms with van der Waals surface area (Å²) < 4.78 is 2.30. The van der Waals surface area contributed by atoms with Gasteiger partial charge in [0.05, 0.1) is 19.0 Å². The van der Waals surface area contributed by atoms with Gasteiger partial charge in [-0.15, -0.1) is 0 Å². The highest BCUT2D eigenvalue weighted by Gasteiger charge is 2.33. The molecular weight excluding hydrogens is 342 g/mol. The number of nitrogens with zero attached hydrogens (tertiary/aromatic N) is 1. The lowest BCUT2D eigenvalue weighted by molar-refractivity contribution is -0.659. The van der Waals surface area contributed by atoms with Gasteiger partial charge in [0.1, 0.15) is 7.05 Å². The average Bonchev–Trinajstić information content (AvgIpc) is 3.11. The maximum Gasteiger partial charge on any atom is 0.220 e. The zero-order valence-corrected chi connectivity index (χ0v) is 18.5. The molecule has 1 nitrogen and oxygen atoms in total. The monoisotopic (exact) mass is 374 g/mol. The minimum atomic E-state index is -1.23. The van der Waals surface area contributed by atoms with Crippen LogP contribution < -0.4 is 9.75 Å². The van der Waals surface area contributed by atoms with Crippen LogP contribution in [0.2, 0.25) is 18.6 Å². The summed E-state index contributed by atoms with van der Waals surface area (Å²) in [7, 11) is 0.952. The van der Waals surface area contributed by atoms with Crippen molar-refractivity contribution in [2.24, 2.45) is 7.05 Å². The molecule has 4 rings (SSSR count). The molecule has 2 aromatic carbocycles. The molecule has 0 aliphatic carbocycles. The highest BCUT2D eigenvalue weighted by atomic mass is 28.3. The van der Waals surface area contributed by atoms with Crippen LogP contribution >= 0.6 is 0 Å². The molecule has 0 atom stereocenters. The highest BCUT2D eigenvalue weighted by molar-refractivity contribution is 6.91. The number of benzene rings is 2. The van der Waals surface area contributed by atoms with E-state index in [0.717, 1.165) is 6.42 Å². The number of aromatic nitrogens is 1. The largest absolute Gasteiger partial charge is 0.220 e. The fourth-order valence-corrected chi connectivity index (χ4v) is 8.79. The first kappa shape index (κ1) is 18.4. The van der Waals surface area contributed by atoms with Crippen LogP contribution in [0.3, 0.4) is 0 Å². The van der Waals surface area contributed by atoms with Crippen LogP contribution in [-0.4, -0.2) is 8.07 Å². The first-order valence-electron chi connectivity index (χ1n) is 10.5. The first-order valence-corrected chi connectivity index (χ1v) is 13.4. The fourth-order valence-electron chi connectivity index (χ4n) is 4.91. The van der Waals surface area contributed by atoms with Crippen LogP contribution in [0.4, 0.5) is 0 Å². The van der Waals surface area contributed by atoms with Crippen molar-refractivity contribution in [2.75, 3.05) is 0 Å². The van der Waals surface area contributed by atoms with Crippen molar-refractivity contribution in [1.29, 1.82) is 0 Å². The molecule has 1 saturated heterocycles. The van der Waals surface area contributed by atoms with E-state index in [-0.39, 0.29) is 0 Å². The molecule has 1 aromatic heterocycles. The number of aryl methyl sites for hydroxylation is 3. The predicted octanol–water partition coefficient (Wildman–Crippen LogP) is 5.59. The van der Waals surface area contributed by atoms with Crippen LogP contribution in [0.15, 0.2) is 42.6 Å². The molecule has 2 heteroatoms. The molecule has 0 N–H and O–H groups in total. The third-order valence-corrected chi connectivity index (χ3v) is 11.6. The Balaban J connectivity index is 1.94. The molecule has 0 radical (unpaired) electrons. The first-order chi connectivity index (χ1) is 12.9. The van der Waals surface area contributed by atoms with Gasteiger partial charge in [0, 0.05) is 6.07 Å². The normalized spacial score (nSPS) is 16.2. The topological polar surface area (TPSA) is 3.88 Å². The molecular formula is C25H32NSi+. The summed E-state index contributed by atoms with van der Waals surface area (Å²) in [5.74, 6) is 0. The maximum atomic E-state index is 2.59. The summed E-state index contributed by atoms with van der Waals surface area (Å²) >= 11 is 0. The molecule has 0 saturated carbocycles. The Morgan fingerprint density at radius 2 is 1.74 bits per heavy atom. The van der Waals surface area contributed by atoms with Gasteiger partial charge in [0.15, 0.2) is 6.20 Å². The van der Waals surface area contributed by atoms with Gasteiger partial charge in [0.25, 0.3) is 0 Å². The summed E-state index contributed by atoms with van der Waals surface area (Å²) in [5, 5.41) is 4.44. The third-order valence-electron chi connectivity index (χ3n) is 6.93. The van der Waals surface area contributed by atoms with E-state index in [2.05, 4.69) is 81.5 Å². The minimum absolute atomic E-state index is 1.08. The van der Waals surface area contributed by atoms with Crippen molar-refractivity contribution in [3.63, 3.8) is 0 Å². The van der Waals surface area contributed by atoms with Gasteiger partial charge in [-0.05, 0) is 54.5 Å². The lowest BCUT2D eigenvalue weighted by atomic mass is 9.93. The van der Waals surface area contributed by atoms with Gasteiger partial charge in [-0.3, -0.25) is 0 Å². The van der Waals surface area contributed by atoms with Crippen molar-refractivity contribution < 1.29 is 4.57 Å². The molecule has 3 aromatic rings. The maximum absolute atomic E-state index is 2.59. The lowest BCUT2D eigenvalue weighted by Crippen LogP contribution is -2.41. The predicted molar refractivity (Wildman–Crippen MR) is 120 cm³/mol. The van der Waals surface area contributed by atoms with Crippen LogP contribution in [0.1, 0.15) is 36.5 Å². The number of hydrogen-bond donors (Lipinski definition) is 0. The van der Waals surface area contributed by atoms with Gasteiger partial charge in [0.2, 0.25) is 5.69 Å². The molecule has 27 heavy (non-hydrogen) atoms. The van der Waals surface area contributed by atoms with E-state index in [9.17, 15) is 0 Å². The van der Waals surface area contributed by atoms with Crippen molar-refractivity contribution in [3.05, 3.63) is 59.3 Å². The van der Waals surface area contributed by atoms with Crippen molar-refractivity contribution in [3.8, 4) is 11.3 Å². The molecule has 1 aliphatic heterocycles. The van der Waals surface area contributed by atoms with E-state index < -0.39 is 8.07 Å². The Hall–Kier alpha value is -1.93. The van der Waals surface area contributed by atoms with Gasteiger partial charge in [-0.1, -0.05) is 61.8 Å². The van der Waals surface area contributed by atoms with Crippen LogP contribution in [0.25, 0.3) is 22.0 Å². The highest BCUT2D eigenvalue weighted by Crippen LogP contribution is 2.33. The molecule has 0 amide bonds. The zero-order chi connectivity index (χ0) is 19.2. The summed E-state index contributed by atoms with van der Waals surface area (Å²) in [6.45, 7) is 9.34. The van der Waals surface area contributed by atoms with Crippen LogP contribution in [-0.2, 0) is 13.5 Å². The Bertz CT molecular complexity index is 1010. The minimum Gasteiger partial charge on any atom is -0.200 e. The Kier molecular flexibility index (Phi) is 4.71. The average molecular weight is 375 g/mol. The summed E-state index contributed by atoms with van der Waals surface area (Å²) in [6.07, 6.45) is 6.18. The van der Waals surface area contributed by atoms with Crippen molar-refractivity contribution >= 4 is 24.0 Å². The van der Waals surface area contributed by atoms with E-state index in [4.69, 9.17) is 0 Å². The second-order valence-corrected chi connectivity index (χ2v) is 13.5. The summed E-state index contributed by atoms with van der Waals surface area (Å²) in [5.41, 5.74) is 6.96. The van der Waals surface area contributed by atoms with Gasteiger partial charge < -0.3 is 0 Å². The molecule has 0 bridgehead atoms. The smallest absolute Gasteiger partial charge is 0.200 e. The molecule has 0 unspecified atom stereocenters. The van der Waals surface area contributed by atoms with Crippen LogP contribution in [0.5, 0.6) is 0 Å². The standard InChI is InChI=1S/C25H32NSi/c1-6-20-15-18(2)19(3)24(16-20)25-23-10-9-22(27(5)13-7-8-14-27)17-21(23)11-12-26(25)4/h9-12,15-17H,6-8,13-14H2,1-5H3/q+1. The number of fused-ring (bicyclic) bond motifs is 1.